The lowest BCUT2D eigenvalue weighted by atomic mass is 9.93. The molecule has 0 N–H and O–H groups in total. The van der Waals surface area contributed by atoms with Gasteiger partial charge < -0.3 is 14.4 Å². The number of nitrogens with zero attached hydrogens (tertiary/aromatic N) is 3. The second-order valence-electron chi connectivity index (χ2n) is 12.9. The Morgan fingerprint density at radius 1 is 0.894 bits per heavy atom. The van der Waals surface area contributed by atoms with E-state index in [1.165, 1.54) is 27.0 Å². The molecule has 4 aliphatic rings. The van der Waals surface area contributed by atoms with Crippen molar-refractivity contribution in [2.45, 2.75) is 55.9 Å². The molecule has 250 valence electrons. The number of carbonyl (C=O) groups is 2. The van der Waals surface area contributed by atoms with Gasteiger partial charge in [0.15, 0.2) is 17.3 Å². The fraction of sp³-hybridized carbons (Fsp3) is 0.471. The quantitative estimate of drug-likeness (QED) is 0.332. The molecule has 2 fully saturated rings. The number of Topliss-reactive ketones (excluding diaryl/α,β-unsaturated/α-hetero) is 1. The molecule has 7 rings (SSSR count). The first-order valence-corrected chi connectivity index (χ1v) is 19.6. The van der Waals surface area contributed by atoms with Gasteiger partial charge in [-0.25, -0.2) is 21.1 Å². The number of hydrogen-bond acceptors (Lipinski definition) is 8. The number of ether oxygens (including phenoxy) is 2. The SMILES string of the molecule is CS(=O)(=O)N1CCC(CCN2C(=O)c3cccc4c(CC(=O)C5CCCCN5S(=O)(=O)c5ccc6c(c5)OCCO6)ccc2c34)CC1. The van der Waals surface area contributed by atoms with Crippen molar-refractivity contribution in [1.82, 2.24) is 8.61 Å². The van der Waals surface area contributed by atoms with Crippen LogP contribution >= 0.6 is 0 Å². The van der Waals surface area contributed by atoms with Crippen LogP contribution in [0.25, 0.3) is 10.8 Å². The van der Waals surface area contributed by atoms with E-state index in [1.807, 2.05) is 30.3 Å². The predicted molar refractivity (Wildman–Crippen MR) is 177 cm³/mol. The molecule has 0 radical (unpaired) electrons. The number of fused-ring (bicyclic) bond motifs is 1. The molecule has 0 bridgehead atoms. The number of hydrogen-bond donors (Lipinski definition) is 0. The minimum Gasteiger partial charge on any atom is -0.486 e. The molecular weight excluding hydrogens is 643 g/mol. The van der Waals surface area contributed by atoms with Crippen molar-refractivity contribution in [2.24, 2.45) is 5.92 Å². The molecule has 1 atom stereocenters. The van der Waals surface area contributed by atoms with Crippen molar-refractivity contribution >= 4 is 48.2 Å². The molecule has 0 aliphatic carbocycles. The molecule has 4 heterocycles. The third-order valence-corrected chi connectivity index (χ3v) is 13.2. The van der Waals surface area contributed by atoms with Crippen LogP contribution in [0.15, 0.2) is 53.4 Å². The summed E-state index contributed by atoms with van der Waals surface area (Å²) in [6, 6.07) is 13.1. The molecule has 1 unspecified atom stereocenters. The van der Waals surface area contributed by atoms with Crippen LogP contribution in [-0.4, -0.2) is 88.8 Å². The number of amides is 1. The number of ketones is 1. The van der Waals surface area contributed by atoms with Gasteiger partial charge in [0.1, 0.15) is 13.2 Å². The number of carbonyl (C=O) groups excluding carboxylic acids is 2. The van der Waals surface area contributed by atoms with Crippen molar-refractivity contribution in [1.29, 1.82) is 0 Å². The summed E-state index contributed by atoms with van der Waals surface area (Å²) in [5.74, 6) is 0.958. The maximum absolute atomic E-state index is 13.9. The second kappa shape index (κ2) is 12.5. The van der Waals surface area contributed by atoms with E-state index in [4.69, 9.17) is 9.47 Å². The third kappa shape index (κ3) is 6.03. The van der Waals surface area contributed by atoms with E-state index in [1.54, 1.807) is 11.0 Å². The largest absolute Gasteiger partial charge is 0.486 e. The lowest BCUT2D eigenvalue weighted by molar-refractivity contribution is -0.122. The van der Waals surface area contributed by atoms with Crippen LogP contribution in [0, 0.1) is 5.92 Å². The summed E-state index contributed by atoms with van der Waals surface area (Å²) >= 11 is 0. The van der Waals surface area contributed by atoms with Gasteiger partial charge in [-0.15, -0.1) is 0 Å². The molecule has 2 saturated heterocycles. The fourth-order valence-corrected chi connectivity index (χ4v) is 10.0. The Balaban J connectivity index is 1.09. The van der Waals surface area contributed by atoms with E-state index in [0.29, 0.717) is 68.7 Å². The van der Waals surface area contributed by atoms with Gasteiger partial charge in [-0.3, -0.25) is 9.59 Å². The first-order chi connectivity index (χ1) is 22.5. The molecule has 0 aromatic heterocycles. The summed E-state index contributed by atoms with van der Waals surface area (Å²) in [6.07, 6.45) is 5.46. The zero-order valence-corrected chi connectivity index (χ0v) is 28.0. The van der Waals surface area contributed by atoms with E-state index >= 15 is 0 Å². The minimum atomic E-state index is -3.98. The zero-order valence-electron chi connectivity index (χ0n) is 26.4. The van der Waals surface area contributed by atoms with Gasteiger partial charge in [0.2, 0.25) is 20.0 Å². The maximum Gasteiger partial charge on any atom is 0.258 e. The molecule has 4 aliphatic heterocycles. The Labute approximate surface area is 275 Å². The molecule has 47 heavy (non-hydrogen) atoms. The van der Waals surface area contributed by atoms with Gasteiger partial charge in [0.25, 0.3) is 5.91 Å². The molecular formula is C34H39N3O8S2. The monoisotopic (exact) mass is 681 g/mol. The van der Waals surface area contributed by atoms with Crippen LogP contribution in [0.4, 0.5) is 5.69 Å². The summed E-state index contributed by atoms with van der Waals surface area (Å²) in [6.45, 7) is 2.53. The van der Waals surface area contributed by atoms with Crippen molar-refractivity contribution in [3.8, 4) is 11.5 Å². The Morgan fingerprint density at radius 3 is 2.43 bits per heavy atom. The number of sulfonamides is 2. The molecule has 1 amide bonds. The zero-order chi connectivity index (χ0) is 32.9. The summed E-state index contributed by atoms with van der Waals surface area (Å²) in [4.78, 5) is 29.4. The lowest BCUT2D eigenvalue weighted by Crippen LogP contribution is -2.48. The van der Waals surface area contributed by atoms with E-state index in [2.05, 4.69) is 0 Å². The number of piperidine rings is 2. The molecule has 0 spiro atoms. The average molecular weight is 682 g/mol. The highest BCUT2D eigenvalue weighted by Gasteiger charge is 2.39. The Kier molecular flexibility index (Phi) is 8.52. The molecule has 0 saturated carbocycles. The summed E-state index contributed by atoms with van der Waals surface area (Å²) in [7, 11) is -7.17. The van der Waals surface area contributed by atoms with Gasteiger partial charge in [-0.05, 0) is 73.2 Å². The number of anilines is 1. The highest BCUT2D eigenvalue weighted by atomic mass is 32.2. The third-order valence-electron chi connectivity index (χ3n) is 9.99. The maximum atomic E-state index is 13.9. The molecule has 3 aromatic carbocycles. The standard InChI is InChI=1S/C34H39N3O8S2/c1-46(40,41)35-16-12-23(13-17-35)14-18-36-29-10-8-24(26-5-4-6-27(33(26)29)34(36)39)21-30(38)28-7-2-3-15-37(28)47(42,43)25-9-11-31-32(22-25)45-20-19-44-31/h4-6,8-11,22-23,28H,2-3,7,12-21H2,1H3. The van der Waals surface area contributed by atoms with Gasteiger partial charge in [-0.1, -0.05) is 24.6 Å². The van der Waals surface area contributed by atoms with Crippen LogP contribution in [0.2, 0.25) is 0 Å². The number of rotatable bonds is 9. The highest BCUT2D eigenvalue weighted by Crippen LogP contribution is 2.40. The fourth-order valence-electron chi connectivity index (χ4n) is 7.46. The topological polar surface area (TPSA) is 131 Å². The molecule has 11 nitrogen and oxygen atoms in total. The normalized spacial score (nSPS) is 21.0. The minimum absolute atomic E-state index is 0.0468. The van der Waals surface area contributed by atoms with Crippen LogP contribution in [0.1, 0.15) is 54.4 Å². The average Bonchev–Trinajstić information content (AvgIpc) is 3.35. The van der Waals surface area contributed by atoms with Gasteiger partial charge in [0, 0.05) is 49.6 Å². The predicted octanol–water partition coefficient (Wildman–Crippen LogP) is 3.99. The van der Waals surface area contributed by atoms with E-state index in [9.17, 15) is 26.4 Å². The molecule has 3 aromatic rings. The van der Waals surface area contributed by atoms with Gasteiger partial charge in [-0.2, -0.15) is 4.31 Å². The van der Waals surface area contributed by atoms with E-state index < -0.39 is 26.1 Å². The number of benzene rings is 3. The van der Waals surface area contributed by atoms with E-state index in [-0.39, 0.29) is 29.6 Å². The van der Waals surface area contributed by atoms with Crippen LogP contribution in [0.5, 0.6) is 11.5 Å². The first kappa shape index (κ1) is 32.0. The summed E-state index contributed by atoms with van der Waals surface area (Å²) in [5.41, 5.74) is 2.17. The highest BCUT2D eigenvalue weighted by molar-refractivity contribution is 7.89. The Hall–Kier alpha value is -3.52. The second-order valence-corrected chi connectivity index (χ2v) is 16.8. The van der Waals surface area contributed by atoms with Crippen LogP contribution < -0.4 is 14.4 Å². The van der Waals surface area contributed by atoms with Crippen molar-refractivity contribution < 1.29 is 35.9 Å². The van der Waals surface area contributed by atoms with Crippen molar-refractivity contribution in [3.63, 3.8) is 0 Å². The van der Waals surface area contributed by atoms with Crippen LogP contribution in [0.3, 0.4) is 0 Å². The van der Waals surface area contributed by atoms with E-state index in [0.717, 1.165) is 47.7 Å². The lowest BCUT2D eigenvalue weighted by Gasteiger charge is -2.34. The Morgan fingerprint density at radius 2 is 1.66 bits per heavy atom. The van der Waals surface area contributed by atoms with Crippen molar-refractivity contribution in [2.75, 3.05) is 50.5 Å². The summed E-state index contributed by atoms with van der Waals surface area (Å²) < 4.78 is 65.6. The van der Waals surface area contributed by atoms with Gasteiger partial charge >= 0.3 is 0 Å². The Bertz CT molecular complexity index is 1950. The van der Waals surface area contributed by atoms with Gasteiger partial charge in [0.05, 0.1) is 22.9 Å². The van der Waals surface area contributed by atoms with Crippen molar-refractivity contribution in [3.05, 3.63) is 59.7 Å². The first-order valence-electron chi connectivity index (χ1n) is 16.3. The summed E-state index contributed by atoms with van der Waals surface area (Å²) in [5, 5.41) is 1.64. The smallest absolute Gasteiger partial charge is 0.258 e. The molecule has 13 heteroatoms. The van der Waals surface area contributed by atoms with Crippen LogP contribution in [-0.2, 0) is 31.3 Å².